The lowest BCUT2D eigenvalue weighted by Gasteiger charge is -2.12. The number of esters is 1. The first-order valence-electron chi connectivity index (χ1n) is 9.89. The summed E-state index contributed by atoms with van der Waals surface area (Å²) in [5, 5.41) is 0. The van der Waals surface area contributed by atoms with Gasteiger partial charge in [0.05, 0.1) is 24.7 Å². The van der Waals surface area contributed by atoms with Crippen LogP contribution in [-0.2, 0) is 17.8 Å². The Kier molecular flexibility index (Phi) is 5.29. The van der Waals surface area contributed by atoms with E-state index in [9.17, 15) is 14.4 Å². The molecule has 0 saturated carbocycles. The minimum atomic E-state index is -0.418. The Labute approximate surface area is 178 Å². The molecule has 2 aromatic heterocycles. The van der Waals surface area contributed by atoms with Crippen LogP contribution in [0, 0.1) is 6.92 Å². The second-order valence-electron chi connectivity index (χ2n) is 7.24. The van der Waals surface area contributed by atoms with Gasteiger partial charge in [0.15, 0.2) is 11.2 Å². The van der Waals surface area contributed by atoms with Crippen molar-refractivity contribution in [1.29, 1.82) is 0 Å². The number of nitrogens with zero attached hydrogens (tertiary/aromatic N) is 4. The Morgan fingerprint density at radius 2 is 1.84 bits per heavy atom. The Morgan fingerprint density at radius 3 is 2.48 bits per heavy atom. The van der Waals surface area contributed by atoms with Gasteiger partial charge in [-0.1, -0.05) is 24.3 Å². The van der Waals surface area contributed by atoms with Crippen LogP contribution in [0.25, 0.3) is 16.9 Å². The molecule has 2 heterocycles. The van der Waals surface area contributed by atoms with Crippen molar-refractivity contribution in [2.75, 3.05) is 7.11 Å². The summed E-state index contributed by atoms with van der Waals surface area (Å²) in [6.07, 6.45) is 1.56. The quantitative estimate of drug-likeness (QED) is 0.465. The summed E-state index contributed by atoms with van der Waals surface area (Å²) in [6, 6.07) is 14.5. The molecule has 8 nitrogen and oxygen atoms in total. The summed E-state index contributed by atoms with van der Waals surface area (Å²) >= 11 is 0. The molecule has 31 heavy (non-hydrogen) atoms. The van der Waals surface area contributed by atoms with Crippen molar-refractivity contribution < 1.29 is 9.53 Å². The topological polar surface area (TPSA) is 88.1 Å². The van der Waals surface area contributed by atoms with Gasteiger partial charge in [0, 0.05) is 13.1 Å². The van der Waals surface area contributed by atoms with Crippen LogP contribution in [0.3, 0.4) is 0 Å². The summed E-state index contributed by atoms with van der Waals surface area (Å²) < 4.78 is 9.14. The average Bonchev–Trinajstić information content (AvgIpc) is 3.17. The van der Waals surface area contributed by atoms with Crippen molar-refractivity contribution in [2.24, 2.45) is 0 Å². The summed E-state index contributed by atoms with van der Waals surface area (Å²) in [5.74, 6) is -0.410. The molecule has 4 aromatic rings. The predicted octanol–water partition coefficient (Wildman–Crippen LogP) is 2.51. The van der Waals surface area contributed by atoms with Crippen LogP contribution >= 0.6 is 0 Å². The van der Waals surface area contributed by atoms with Gasteiger partial charge >= 0.3 is 11.7 Å². The molecule has 158 valence electrons. The summed E-state index contributed by atoms with van der Waals surface area (Å²) in [5.41, 5.74) is 2.85. The number of ether oxygens (including phenoxy) is 1. The van der Waals surface area contributed by atoms with Crippen LogP contribution in [0.15, 0.2) is 64.4 Å². The van der Waals surface area contributed by atoms with Gasteiger partial charge in [-0.15, -0.1) is 0 Å². The maximum absolute atomic E-state index is 13.1. The number of methoxy groups -OCH3 is 1. The number of aromatic nitrogens is 4. The molecule has 0 amide bonds. The molecule has 0 saturated heterocycles. The largest absolute Gasteiger partial charge is 0.465 e. The van der Waals surface area contributed by atoms with Crippen molar-refractivity contribution in [2.45, 2.75) is 26.9 Å². The van der Waals surface area contributed by atoms with Crippen LogP contribution < -0.4 is 11.2 Å². The van der Waals surface area contributed by atoms with Crippen molar-refractivity contribution in [3.05, 3.63) is 92.4 Å². The van der Waals surface area contributed by atoms with Gasteiger partial charge < -0.3 is 9.30 Å². The maximum Gasteiger partial charge on any atom is 0.337 e. The van der Waals surface area contributed by atoms with Gasteiger partial charge in [0.1, 0.15) is 0 Å². The molecular formula is C23H22N4O4. The molecule has 0 aliphatic heterocycles. The van der Waals surface area contributed by atoms with Crippen LogP contribution in [0.4, 0.5) is 0 Å². The first kappa shape index (κ1) is 20.3. The third kappa shape index (κ3) is 3.56. The van der Waals surface area contributed by atoms with E-state index >= 15 is 0 Å². The zero-order chi connectivity index (χ0) is 22.1. The number of carbonyl (C=O) groups excluding carboxylic acids is 1. The highest BCUT2D eigenvalue weighted by Gasteiger charge is 2.19. The number of imidazole rings is 1. The second kappa shape index (κ2) is 8.06. The smallest absolute Gasteiger partial charge is 0.337 e. The highest BCUT2D eigenvalue weighted by Crippen LogP contribution is 2.16. The third-order valence-electron chi connectivity index (χ3n) is 5.20. The standard InChI is InChI=1S/C23H22N4O4/c1-4-26-21(28)19-20(27(23(26)30)18-7-5-6-15(2)12-18)24-14-25(19)13-16-8-10-17(11-9-16)22(29)31-3/h5-12,14H,4,13H2,1-3H3. The van der Waals surface area contributed by atoms with Gasteiger partial charge in [0.25, 0.3) is 5.56 Å². The zero-order valence-electron chi connectivity index (χ0n) is 17.5. The lowest BCUT2D eigenvalue weighted by atomic mass is 10.1. The molecule has 0 fully saturated rings. The Morgan fingerprint density at radius 1 is 1.10 bits per heavy atom. The van der Waals surface area contributed by atoms with Gasteiger partial charge in [-0.3, -0.25) is 9.36 Å². The van der Waals surface area contributed by atoms with E-state index in [0.717, 1.165) is 11.1 Å². The molecule has 0 atom stereocenters. The van der Waals surface area contributed by atoms with Crippen LogP contribution in [-0.4, -0.2) is 31.8 Å². The zero-order valence-corrected chi connectivity index (χ0v) is 17.5. The van der Waals surface area contributed by atoms with Crippen molar-refractivity contribution in [3.8, 4) is 5.69 Å². The molecule has 8 heteroatoms. The predicted molar refractivity (Wildman–Crippen MR) is 117 cm³/mol. The molecule has 0 aliphatic carbocycles. The Bertz CT molecular complexity index is 1390. The lowest BCUT2D eigenvalue weighted by Crippen LogP contribution is -2.39. The van der Waals surface area contributed by atoms with Crippen molar-refractivity contribution in [3.63, 3.8) is 0 Å². The molecule has 4 rings (SSSR count). The first-order chi connectivity index (χ1) is 14.9. The fourth-order valence-corrected chi connectivity index (χ4v) is 3.64. The normalized spacial score (nSPS) is 11.1. The monoisotopic (exact) mass is 418 g/mol. The van der Waals surface area contributed by atoms with E-state index in [2.05, 4.69) is 4.98 Å². The maximum atomic E-state index is 13.1. The summed E-state index contributed by atoms with van der Waals surface area (Å²) in [6.45, 7) is 4.32. The van der Waals surface area contributed by atoms with E-state index in [1.807, 2.05) is 31.2 Å². The highest BCUT2D eigenvalue weighted by molar-refractivity contribution is 5.89. The highest BCUT2D eigenvalue weighted by atomic mass is 16.5. The molecule has 0 unspecified atom stereocenters. The number of rotatable bonds is 5. The van der Waals surface area contributed by atoms with E-state index in [1.165, 1.54) is 16.2 Å². The van der Waals surface area contributed by atoms with Gasteiger partial charge in [0.2, 0.25) is 0 Å². The number of aryl methyl sites for hydroxylation is 1. The fourth-order valence-electron chi connectivity index (χ4n) is 3.64. The van der Waals surface area contributed by atoms with Crippen molar-refractivity contribution >= 4 is 17.1 Å². The van der Waals surface area contributed by atoms with E-state index in [-0.39, 0.29) is 12.1 Å². The van der Waals surface area contributed by atoms with Crippen LogP contribution in [0.1, 0.15) is 28.4 Å². The average molecular weight is 418 g/mol. The number of carbonyl (C=O) groups is 1. The minimum Gasteiger partial charge on any atom is -0.465 e. The summed E-state index contributed by atoms with van der Waals surface area (Å²) in [7, 11) is 1.33. The SMILES string of the molecule is CCn1c(=O)c2c(ncn2Cc2ccc(C(=O)OC)cc2)n(-c2cccc(C)c2)c1=O. The van der Waals surface area contributed by atoms with E-state index < -0.39 is 11.7 Å². The van der Waals surface area contributed by atoms with Crippen LogP contribution in [0.2, 0.25) is 0 Å². The summed E-state index contributed by atoms with van der Waals surface area (Å²) in [4.78, 5) is 42.3. The van der Waals surface area contributed by atoms with E-state index in [1.54, 1.807) is 42.1 Å². The number of fused-ring (bicyclic) bond motifs is 1. The van der Waals surface area contributed by atoms with E-state index in [0.29, 0.717) is 29.0 Å². The van der Waals surface area contributed by atoms with Gasteiger partial charge in [-0.2, -0.15) is 0 Å². The lowest BCUT2D eigenvalue weighted by molar-refractivity contribution is 0.0600. The Hall–Kier alpha value is -3.94. The third-order valence-corrected chi connectivity index (χ3v) is 5.20. The van der Waals surface area contributed by atoms with E-state index in [4.69, 9.17) is 4.74 Å². The minimum absolute atomic E-state index is 0.248. The second-order valence-corrected chi connectivity index (χ2v) is 7.24. The molecule has 0 bridgehead atoms. The molecule has 0 N–H and O–H groups in total. The Balaban J connectivity index is 1.87. The molecule has 0 aliphatic rings. The van der Waals surface area contributed by atoms with Crippen LogP contribution in [0.5, 0.6) is 0 Å². The number of benzene rings is 2. The van der Waals surface area contributed by atoms with Crippen molar-refractivity contribution in [1.82, 2.24) is 18.7 Å². The number of hydrogen-bond acceptors (Lipinski definition) is 5. The molecular weight excluding hydrogens is 396 g/mol. The van der Waals surface area contributed by atoms with Gasteiger partial charge in [-0.05, 0) is 49.2 Å². The van der Waals surface area contributed by atoms with Gasteiger partial charge in [-0.25, -0.2) is 19.1 Å². The first-order valence-corrected chi connectivity index (χ1v) is 9.89. The molecule has 2 aromatic carbocycles. The fraction of sp³-hybridized carbons (Fsp3) is 0.217. The molecule has 0 spiro atoms. The molecule has 0 radical (unpaired) electrons. The number of hydrogen-bond donors (Lipinski definition) is 0.